The van der Waals surface area contributed by atoms with Crippen LogP contribution in [0.2, 0.25) is 0 Å². The molecule has 0 aromatic heterocycles. The van der Waals surface area contributed by atoms with Crippen molar-refractivity contribution < 1.29 is 19.4 Å². The molecule has 5 aliphatic carbocycles. The van der Waals surface area contributed by atoms with Gasteiger partial charge in [-0.1, -0.05) is 13.3 Å². The molecule has 0 bridgehead atoms. The zero-order valence-electron chi connectivity index (χ0n) is 18.4. The first-order chi connectivity index (χ1) is 13.7. The van der Waals surface area contributed by atoms with Gasteiger partial charge in [-0.15, -0.1) is 0 Å². The summed E-state index contributed by atoms with van der Waals surface area (Å²) in [7, 11) is 0. The van der Waals surface area contributed by atoms with Crippen LogP contribution in [0.1, 0.15) is 91.4 Å². The van der Waals surface area contributed by atoms with Gasteiger partial charge in [-0.3, -0.25) is 9.59 Å². The number of aliphatic hydroxyl groups is 1. The van der Waals surface area contributed by atoms with Crippen molar-refractivity contribution in [2.45, 2.75) is 104 Å². The van der Waals surface area contributed by atoms with Crippen LogP contribution in [-0.2, 0) is 14.3 Å². The molecule has 0 amide bonds. The summed E-state index contributed by atoms with van der Waals surface area (Å²) in [6, 6.07) is 0. The normalized spacial score (nSPS) is 53.4. The quantitative estimate of drug-likeness (QED) is 0.682. The van der Waals surface area contributed by atoms with E-state index in [4.69, 9.17) is 4.74 Å². The zero-order chi connectivity index (χ0) is 20.6. The Morgan fingerprint density at radius 1 is 0.862 bits per heavy atom. The number of carbonyl (C=O) groups is 2. The number of hydrogen-bond donors (Lipinski definition) is 1. The zero-order valence-corrected chi connectivity index (χ0v) is 18.4. The van der Waals surface area contributed by atoms with E-state index >= 15 is 0 Å². The number of fused-ring (bicyclic) bond motifs is 2. The highest BCUT2D eigenvalue weighted by atomic mass is 16.5. The number of ketones is 1. The van der Waals surface area contributed by atoms with Crippen LogP contribution in [0.5, 0.6) is 0 Å². The van der Waals surface area contributed by atoms with Crippen molar-refractivity contribution in [3.63, 3.8) is 0 Å². The molecule has 5 fully saturated rings. The van der Waals surface area contributed by atoms with Gasteiger partial charge in [0.05, 0.1) is 6.10 Å². The largest absolute Gasteiger partial charge is 0.462 e. The van der Waals surface area contributed by atoms with Crippen LogP contribution in [0.25, 0.3) is 0 Å². The molecule has 2 spiro atoms. The van der Waals surface area contributed by atoms with Crippen LogP contribution in [0, 0.1) is 39.9 Å². The Labute approximate surface area is 175 Å². The van der Waals surface area contributed by atoms with Crippen molar-refractivity contribution in [1.82, 2.24) is 0 Å². The number of rotatable bonds is 2. The van der Waals surface area contributed by atoms with E-state index in [0.717, 1.165) is 38.5 Å². The molecule has 5 saturated carbocycles. The Balaban J connectivity index is 1.58. The van der Waals surface area contributed by atoms with Crippen molar-refractivity contribution in [2.24, 2.45) is 39.9 Å². The Hall–Kier alpha value is -0.900. The van der Waals surface area contributed by atoms with Crippen LogP contribution in [0.15, 0.2) is 0 Å². The van der Waals surface area contributed by atoms with Crippen molar-refractivity contribution in [3.05, 3.63) is 0 Å². The van der Waals surface area contributed by atoms with Gasteiger partial charge in [0.2, 0.25) is 0 Å². The Morgan fingerprint density at radius 3 is 2.28 bits per heavy atom. The average molecular weight is 403 g/mol. The van der Waals surface area contributed by atoms with Gasteiger partial charge in [-0.05, 0) is 99.2 Å². The van der Waals surface area contributed by atoms with Gasteiger partial charge in [-0.25, -0.2) is 0 Å². The third-order valence-electron chi connectivity index (χ3n) is 10.9. The average Bonchev–Trinajstić information content (AvgIpc) is 3.19. The summed E-state index contributed by atoms with van der Waals surface area (Å²) in [6.07, 6.45) is 11.8. The van der Waals surface area contributed by atoms with E-state index in [0.29, 0.717) is 29.0 Å². The molecule has 0 aromatic carbocycles. The molecule has 0 heterocycles. The molecule has 9 atom stereocenters. The lowest BCUT2D eigenvalue weighted by Crippen LogP contribution is -2.64. The molecule has 162 valence electrons. The molecule has 4 heteroatoms. The summed E-state index contributed by atoms with van der Waals surface area (Å²) < 4.78 is 6.00. The minimum absolute atomic E-state index is 0.0580. The first-order valence-corrected chi connectivity index (χ1v) is 12.1. The lowest BCUT2D eigenvalue weighted by atomic mass is 9.38. The van der Waals surface area contributed by atoms with Crippen molar-refractivity contribution in [2.75, 3.05) is 0 Å². The first kappa shape index (κ1) is 20.0. The molecule has 5 rings (SSSR count). The lowest BCUT2D eigenvalue weighted by molar-refractivity contribution is -0.226. The first-order valence-electron chi connectivity index (χ1n) is 12.1. The summed E-state index contributed by atoms with van der Waals surface area (Å²) in [5.41, 5.74) is 0.683. The maximum absolute atomic E-state index is 12.5. The van der Waals surface area contributed by atoms with Crippen LogP contribution < -0.4 is 0 Å². The minimum Gasteiger partial charge on any atom is -0.462 e. The highest BCUT2D eigenvalue weighted by Gasteiger charge is 2.72. The van der Waals surface area contributed by atoms with E-state index in [1.165, 1.54) is 39.0 Å². The predicted octanol–water partition coefficient (Wildman–Crippen LogP) is 4.67. The van der Waals surface area contributed by atoms with Crippen LogP contribution in [-0.4, -0.2) is 29.1 Å². The molecule has 0 aromatic rings. The molecule has 29 heavy (non-hydrogen) atoms. The number of esters is 1. The SMILES string of the molecule is CC(=O)O[C@H]1CC2[C@@H]3CC[C@H](C(C)=O)[C@@]3(C)CC[C@@]23CCC[C@@]32CC[C@@H](O)C[C@H]12. The van der Waals surface area contributed by atoms with Gasteiger partial charge < -0.3 is 9.84 Å². The molecular weight excluding hydrogens is 364 g/mol. The Morgan fingerprint density at radius 2 is 1.59 bits per heavy atom. The molecule has 0 radical (unpaired) electrons. The second kappa shape index (κ2) is 6.55. The second-order valence-corrected chi connectivity index (χ2v) is 11.5. The fourth-order valence-electron chi connectivity index (χ4n) is 9.99. The van der Waals surface area contributed by atoms with E-state index in [2.05, 4.69) is 6.92 Å². The van der Waals surface area contributed by atoms with Gasteiger partial charge >= 0.3 is 5.97 Å². The molecule has 5 aliphatic rings. The van der Waals surface area contributed by atoms with Gasteiger partial charge in [0.1, 0.15) is 11.9 Å². The van der Waals surface area contributed by atoms with E-state index < -0.39 is 0 Å². The predicted molar refractivity (Wildman–Crippen MR) is 110 cm³/mol. The molecule has 0 aliphatic heterocycles. The fraction of sp³-hybridized carbons (Fsp3) is 0.920. The molecule has 1 unspecified atom stereocenters. The molecule has 4 nitrogen and oxygen atoms in total. The van der Waals surface area contributed by atoms with Crippen molar-refractivity contribution >= 4 is 11.8 Å². The standard InChI is InChI=1S/C25H38O4/c1-15(26)18-5-6-19-20-14-22(29-16(2)27)21-13-17(28)7-10-24(21)8-4-9-25(20,24)12-11-23(18,19)3/h17-22,28H,4-14H2,1-3H3/t17-,18-,19+,20?,21-,22+,23-,24+,25+/m1/s1. The summed E-state index contributed by atoms with van der Waals surface area (Å²) in [5.74, 6) is 1.85. The van der Waals surface area contributed by atoms with Crippen molar-refractivity contribution in [3.8, 4) is 0 Å². The number of aliphatic hydroxyl groups excluding tert-OH is 1. The van der Waals surface area contributed by atoms with Gasteiger partial charge in [-0.2, -0.15) is 0 Å². The molecule has 0 saturated heterocycles. The number of carbonyl (C=O) groups excluding carboxylic acids is 2. The Kier molecular flexibility index (Phi) is 4.52. The van der Waals surface area contributed by atoms with Crippen LogP contribution in [0.3, 0.4) is 0 Å². The number of ether oxygens (including phenoxy) is 1. The monoisotopic (exact) mass is 402 g/mol. The van der Waals surface area contributed by atoms with Gasteiger partial charge in [0.15, 0.2) is 0 Å². The minimum atomic E-state index is -0.250. The van der Waals surface area contributed by atoms with E-state index in [-0.39, 0.29) is 34.9 Å². The third-order valence-corrected chi connectivity index (χ3v) is 10.9. The summed E-state index contributed by atoms with van der Waals surface area (Å²) >= 11 is 0. The third kappa shape index (κ3) is 2.53. The maximum atomic E-state index is 12.5. The highest BCUT2D eigenvalue weighted by Crippen LogP contribution is 2.77. The summed E-state index contributed by atoms with van der Waals surface area (Å²) in [5, 5.41) is 10.5. The van der Waals surface area contributed by atoms with Crippen LogP contribution >= 0.6 is 0 Å². The topological polar surface area (TPSA) is 63.6 Å². The van der Waals surface area contributed by atoms with Crippen LogP contribution in [0.4, 0.5) is 0 Å². The number of Topliss-reactive ketones (excluding diaryl/α,β-unsaturated/α-hetero) is 1. The van der Waals surface area contributed by atoms with E-state index in [1.54, 1.807) is 6.92 Å². The van der Waals surface area contributed by atoms with E-state index in [1.807, 2.05) is 0 Å². The molecular formula is C25H38O4. The molecule has 1 N–H and O–H groups in total. The summed E-state index contributed by atoms with van der Waals surface area (Å²) in [4.78, 5) is 24.5. The maximum Gasteiger partial charge on any atom is 0.302 e. The van der Waals surface area contributed by atoms with Crippen molar-refractivity contribution in [1.29, 1.82) is 0 Å². The number of hydrogen-bond acceptors (Lipinski definition) is 4. The second-order valence-electron chi connectivity index (χ2n) is 11.5. The lowest BCUT2D eigenvalue weighted by Gasteiger charge is -2.67. The Bertz CT molecular complexity index is 718. The smallest absolute Gasteiger partial charge is 0.302 e. The van der Waals surface area contributed by atoms with E-state index in [9.17, 15) is 14.7 Å². The summed E-state index contributed by atoms with van der Waals surface area (Å²) in [6.45, 7) is 5.72. The van der Waals surface area contributed by atoms with Gasteiger partial charge in [0, 0.05) is 18.8 Å². The van der Waals surface area contributed by atoms with Gasteiger partial charge in [0.25, 0.3) is 0 Å². The highest BCUT2D eigenvalue weighted by molar-refractivity contribution is 5.79. The fourth-order valence-corrected chi connectivity index (χ4v) is 9.99.